The Morgan fingerprint density at radius 3 is 2.81 bits per heavy atom. The molecule has 1 N–H and O–H groups in total. The van der Waals surface area contributed by atoms with E-state index in [9.17, 15) is 4.79 Å². The third kappa shape index (κ3) is 3.59. The maximum atomic E-state index is 12.3. The molecule has 1 aromatic heterocycles. The van der Waals surface area contributed by atoms with Gasteiger partial charge in [0.25, 0.3) is 5.91 Å². The maximum absolute atomic E-state index is 12.3. The van der Waals surface area contributed by atoms with E-state index in [1.165, 1.54) is 6.07 Å². The second kappa shape index (κ2) is 6.38. The number of aryl methyl sites for hydroxylation is 2. The molecular formula is C16H14ClN3O. The zero-order valence-corrected chi connectivity index (χ0v) is 12.5. The molecule has 0 atom stereocenters. The zero-order valence-electron chi connectivity index (χ0n) is 11.8. The van der Waals surface area contributed by atoms with Crippen LogP contribution in [0.25, 0.3) is 0 Å². The van der Waals surface area contributed by atoms with Crippen molar-refractivity contribution in [3.8, 4) is 6.07 Å². The molecule has 1 amide bonds. The van der Waals surface area contributed by atoms with Crippen LogP contribution >= 0.6 is 11.6 Å². The second-order valence-corrected chi connectivity index (χ2v) is 5.01. The van der Waals surface area contributed by atoms with Crippen LogP contribution in [0.2, 0.25) is 5.15 Å². The quantitative estimate of drug-likeness (QED) is 0.878. The topological polar surface area (TPSA) is 65.8 Å². The summed E-state index contributed by atoms with van der Waals surface area (Å²) in [5.74, 6) is -0.271. The van der Waals surface area contributed by atoms with Gasteiger partial charge in [0.1, 0.15) is 5.15 Å². The number of benzene rings is 1. The molecule has 0 bridgehead atoms. The first-order valence-corrected chi connectivity index (χ1v) is 6.90. The predicted molar refractivity (Wildman–Crippen MR) is 82.5 cm³/mol. The number of hydrogen-bond acceptors (Lipinski definition) is 3. The number of nitrogens with one attached hydrogen (secondary N) is 1. The fourth-order valence-corrected chi connectivity index (χ4v) is 2.11. The normalized spacial score (nSPS) is 10.0. The molecule has 2 rings (SSSR count). The van der Waals surface area contributed by atoms with Crippen LogP contribution in [0.15, 0.2) is 30.3 Å². The van der Waals surface area contributed by atoms with E-state index >= 15 is 0 Å². The van der Waals surface area contributed by atoms with Crippen LogP contribution in [0, 0.1) is 18.3 Å². The number of hydrogen-bond donors (Lipinski definition) is 1. The fraction of sp³-hybridized carbons (Fsp3) is 0.188. The Kier molecular flexibility index (Phi) is 4.56. The standard InChI is InChI=1S/C16H14ClN3O/c1-3-13-7-12(8-15(17)19-13)16(21)20-14-6-11(9-18)5-4-10(14)2/h4-8H,3H2,1-2H3,(H,20,21). The molecule has 2 aromatic rings. The Bertz CT molecular complexity index is 735. The van der Waals surface area contributed by atoms with Gasteiger partial charge in [-0.25, -0.2) is 4.98 Å². The van der Waals surface area contributed by atoms with E-state index in [2.05, 4.69) is 16.4 Å². The molecule has 0 fully saturated rings. The summed E-state index contributed by atoms with van der Waals surface area (Å²) in [6.07, 6.45) is 0.698. The minimum atomic E-state index is -0.271. The second-order valence-electron chi connectivity index (χ2n) is 4.62. The van der Waals surface area contributed by atoms with E-state index in [0.29, 0.717) is 28.4 Å². The molecule has 1 heterocycles. The number of aromatic nitrogens is 1. The summed E-state index contributed by atoms with van der Waals surface area (Å²) in [6.45, 7) is 3.81. The molecule has 0 unspecified atom stereocenters. The van der Waals surface area contributed by atoms with Gasteiger partial charge in [0.2, 0.25) is 0 Å². The molecule has 0 saturated carbocycles. The molecule has 0 radical (unpaired) electrons. The van der Waals surface area contributed by atoms with Crippen molar-refractivity contribution in [2.24, 2.45) is 0 Å². The smallest absolute Gasteiger partial charge is 0.255 e. The average Bonchev–Trinajstić information content (AvgIpc) is 2.48. The van der Waals surface area contributed by atoms with E-state index in [4.69, 9.17) is 16.9 Å². The number of halogens is 1. The lowest BCUT2D eigenvalue weighted by Gasteiger charge is -2.09. The Morgan fingerprint density at radius 1 is 1.38 bits per heavy atom. The molecular weight excluding hydrogens is 286 g/mol. The summed E-state index contributed by atoms with van der Waals surface area (Å²) >= 11 is 5.92. The molecule has 21 heavy (non-hydrogen) atoms. The van der Waals surface area contributed by atoms with Crippen LogP contribution in [0.3, 0.4) is 0 Å². The van der Waals surface area contributed by atoms with Gasteiger partial charge >= 0.3 is 0 Å². The largest absolute Gasteiger partial charge is 0.322 e. The van der Waals surface area contributed by atoms with E-state index in [-0.39, 0.29) is 5.91 Å². The van der Waals surface area contributed by atoms with Crippen molar-refractivity contribution < 1.29 is 4.79 Å². The third-order valence-electron chi connectivity index (χ3n) is 3.09. The number of amides is 1. The minimum absolute atomic E-state index is 0.271. The lowest BCUT2D eigenvalue weighted by molar-refractivity contribution is 0.102. The Hall–Kier alpha value is -2.38. The number of nitrogens with zero attached hydrogens (tertiary/aromatic N) is 2. The van der Waals surface area contributed by atoms with Crippen LogP contribution in [0.4, 0.5) is 5.69 Å². The van der Waals surface area contributed by atoms with Crippen molar-refractivity contribution in [2.45, 2.75) is 20.3 Å². The van der Waals surface area contributed by atoms with E-state index < -0.39 is 0 Å². The average molecular weight is 300 g/mol. The molecule has 5 heteroatoms. The molecule has 0 aliphatic heterocycles. The van der Waals surface area contributed by atoms with Crippen molar-refractivity contribution in [3.05, 3.63) is 57.9 Å². The Labute approximate surface area is 128 Å². The fourth-order valence-electron chi connectivity index (χ4n) is 1.88. The van der Waals surface area contributed by atoms with Crippen molar-refractivity contribution in [1.82, 2.24) is 4.98 Å². The highest BCUT2D eigenvalue weighted by Crippen LogP contribution is 2.19. The van der Waals surface area contributed by atoms with Gasteiger partial charge in [-0.1, -0.05) is 24.6 Å². The number of rotatable bonds is 3. The van der Waals surface area contributed by atoms with Gasteiger partial charge in [-0.2, -0.15) is 5.26 Å². The van der Waals surface area contributed by atoms with Crippen molar-refractivity contribution in [1.29, 1.82) is 5.26 Å². The Morgan fingerprint density at radius 2 is 2.14 bits per heavy atom. The van der Waals surface area contributed by atoms with Crippen molar-refractivity contribution in [2.75, 3.05) is 5.32 Å². The monoisotopic (exact) mass is 299 g/mol. The first-order chi connectivity index (χ1) is 10.0. The van der Waals surface area contributed by atoms with Crippen molar-refractivity contribution in [3.63, 3.8) is 0 Å². The lowest BCUT2D eigenvalue weighted by Crippen LogP contribution is -2.13. The van der Waals surface area contributed by atoms with E-state index in [1.54, 1.807) is 24.3 Å². The summed E-state index contributed by atoms with van der Waals surface area (Å²) in [5, 5.41) is 12.0. The van der Waals surface area contributed by atoms with Crippen LogP contribution in [0.1, 0.15) is 34.1 Å². The van der Waals surface area contributed by atoms with Gasteiger partial charge in [0.15, 0.2) is 0 Å². The van der Waals surface area contributed by atoms with Crippen LogP contribution in [-0.4, -0.2) is 10.9 Å². The highest BCUT2D eigenvalue weighted by molar-refractivity contribution is 6.29. The molecule has 0 saturated heterocycles. The molecule has 1 aromatic carbocycles. The molecule has 4 nitrogen and oxygen atoms in total. The van der Waals surface area contributed by atoms with E-state index in [0.717, 1.165) is 11.3 Å². The summed E-state index contributed by atoms with van der Waals surface area (Å²) in [7, 11) is 0. The highest BCUT2D eigenvalue weighted by atomic mass is 35.5. The van der Waals surface area contributed by atoms with Crippen LogP contribution in [-0.2, 0) is 6.42 Å². The third-order valence-corrected chi connectivity index (χ3v) is 3.28. The maximum Gasteiger partial charge on any atom is 0.255 e. The summed E-state index contributed by atoms with van der Waals surface area (Å²) in [4.78, 5) is 16.4. The van der Waals surface area contributed by atoms with Gasteiger partial charge in [-0.05, 0) is 43.2 Å². The molecule has 0 aliphatic rings. The number of pyridine rings is 1. The van der Waals surface area contributed by atoms with Gasteiger partial charge in [0.05, 0.1) is 11.6 Å². The number of carbonyl (C=O) groups excluding carboxylic acids is 1. The SMILES string of the molecule is CCc1cc(C(=O)Nc2cc(C#N)ccc2C)cc(Cl)n1. The molecule has 0 spiro atoms. The summed E-state index contributed by atoms with van der Waals surface area (Å²) < 4.78 is 0. The van der Waals surface area contributed by atoms with Gasteiger partial charge in [-0.3, -0.25) is 4.79 Å². The van der Waals surface area contributed by atoms with Gasteiger partial charge < -0.3 is 5.32 Å². The van der Waals surface area contributed by atoms with Crippen LogP contribution < -0.4 is 5.32 Å². The predicted octanol–water partition coefficient (Wildman–Crippen LogP) is 3.73. The molecule has 106 valence electrons. The number of nitriles is 1. The first kappa shape index (κ1) is 15.0. The summed E-state index contributed by atoms with van der Waals surface area (Å²) in [5.41, 5.74) is 3.21. The first-order valence-electron chi connectivity index (χ1n) is 6.52. The van der Waals surface area contributed by atoms with E-state index in [1.807, 2.05) is 13.8 Å². The minimum Gasteiger partial charge on any atom is -0.322 e. The van der Waals surface area contributed by atoms with Gasteiger partial charge in [0, 0.05) is 16.9 Å². The van der Waals surface area contributed by atoms with Crippen molar-refractivity contribution >= 4 is 23.2 Å². The number of carbonyl (C=O) groups is 1. The summed E-state index contributed by atoms with van der Waals surface area (Å²) in [6, 6.07) is 10.5. The number of anilines is 1. The highest BCUT2D eigenvalue weighted by Gasteiger charge is 2.11. The van der Waals surface area contributed by atoms with Gasteiger partial charge in [-0.15, -0.1) is 0 Å². The Balaban J connectivity index is 2.30. The lowest BCUT2D eigenvalue weighted by atomic mass is 10.1. The molecule has 0 aliphatic carbocycles. The van der Waals surface area contributed by atoms with Crippen LogP contribution in [0.5, 0.6) is 0 Å². The zero-order chi connectivity index (χ0) is 15.4.